The van der Waals surface area contributed by atoms with Gasteiger partial charge >= 0.3 is 6.36 Å². The lowest BCUT2D eigenvalue weighted by Crippen LogP contribution is -2.65. The van der Waals surface area contributed by atoms with Gasteiger partial charge in [0.1, 0.15) is 15.7 Å². The molecule has 0 aliphatic carbocycles. The lowest BCUT2D eigenvalue weighted by molar-refractivity contribution is -0.274. The van der Waals surface area contributed by atoms with Crippen LogP contribution in [-0.4, -0.2) is 65.9 Å². The third-order valence-corrected chi connectivity index (χ3v) is 10.1. The monoisotopic (exact) mass is 610 g/mol. The van der Waals surface area contributed by atoms with E-state index in [-0.39, 0.29) is 18.0 Å². The highest BCUT2D eigenvalue weighted by atomic mass is 32.2. The maximum absolute atomic E-state index is 13.5. The number of hydrogen-bond acceptors (Lipinski definition) is 7. The molecule has 41 heavy (non-hydrogen) atoms. The van der Waals surface area contributed by atoms with Crippen molar-refractivity contribution in [3.63, 3.8) is 0 Å². The van der Waals surface area contributed by atoms with Gasteiger partial charge in [0, 0.05) is 24.5 Å². The van der Waals surface area contributed by atoms with Crippen molar-refractivity contribution in [3.05, 3.63) is 83.9 Å². The van der Waals surface area contributed by atoms with Crippen molar-refractivity contribution >= 4 is 31.3 Å². The molecule has 0 amide bonds. The molecular weight excluding hydrogens is 581 g/mol. The van der Waals surface area contributed by atoms with Gasteiger partial charge in [-0.3, -0.25) is 0 Å². The Balaban J connectivity index is 1.52. The maximum atomic E-state index is 13.5. The Kier molecular flexibility index (Phi) is 7.80. The molecule has 9 nitrogen and oxygen atoms in total. The number of sulfonamides is 1. The second-order valence-corrected chi connectivity index (χ2v) is 13.9. The van der Waals surface area contributed by atoms with Crippen LogP contribution < -0.4 is 14.4 Å². The number of aliphatic hydroxyl groups excluding tert-OH is 1. The molecule has 0 aromatic heterocycles. The summed E-state index contributed by atoms with van der Waals surface area (Å²) in [6, 6.07) is 17.4. The highest BCUT2D eigenvalue weighted by Crippen LogP contribution is 2.40. The van der Waals surface area contributed by atoms with E-state index >= 15 is 0 Å². The molecule has 3 aromatic carbocycles. The maximum Gasteiger partial charge on any atom is 0.573 e. The van der Waals surface area contributed by atoms with Gasteiger partial charge in [-0.25, -0.2) is 22.1 Å². The van der Waals surface area contributed by atoms with Gasteiger partial charge in [-0.05, 0) is 60.4 Å². The van der Waals surface area contributed by atoms with Gasteiger partial charge in [-0.15, -0.1) is 13.2 Å². The summed E-state index contributed by atoms with van der Waals surface area (Å²) in [5.74, 6) is -0.545. The van der Waals surface area contributed by atoms with E-state index in [2.05, 4.69) is 9.46 Å². The van der Waals surface area contributed by atoms with Crippen molar-refractivity contribution in [1.29, 1.82) is 4.78 Å². The van der Waals surface area contributed by atoms with E-state index in [0.717, 1.165) is 65.9 Å². The Hall–Kier alpha value is -3.17. The minimum atomic E-state index is -4.91. The fraction of sp³-hybridized carbons (Fsp3) is 0.333. The molecule has 2 heterocycles. The quantitative estimate of drug-likeness (QED) is 0.390. The molecule has 2 aliphatic rings. The Morgan fingerprint density at radius 2 is 1.44 bits per heavy atom. The number of ether oxygens (including phenoxy) is 1. The van der Waals surface area contributed by atoms with Gasteiger partial charge in [-0.2, -0.15) is 4.31 Å². The van der Waals surface area contributed by atoms with E-state index in [4.69, 9.17) is 4.78 Å². The van der Waals surface area contributed by atoms with Crippen LogP contribution in [0.3, 0.4) is 0 Å². The fourth-order valence-corrected chi connectivity index (χ4v) is 7.53. The summed E-state index contributed by atoms with van der Waals surface area (Å²) in [7, 11) is -7.67. The smallest absolute Gasteiger partial charge is 0.406 e. The zero-order valence-electron chi connectivity index (χ0n) is 21.9. The summed E-state index contributed by atoms with van der Waals surface area (Å²) in [4.78, 5) is 1.77. The van der Waals surface area contributed by atoms with Crippen molar-refractivity contribution in [2.24, 2.45) is 0 Å². The van der Waals surface area contributed by atoms with Gasteiger partial charge in [0.25, 0.3) is 0 Å². The molecule has 14 heteroatoms. The number of halogens is 3. The molecule has 3 N–H and O–H groups in total. The van der Waals surface area contributed by atoms with Crippen molar-refractivity contribution < 1.29 is 35.6 Å². The topological polar surface area (TPSA) is 123 Å². The number of aryl methyl sites for hydroxylation is 2. The minimum Gasteiger partial charge on any atom is -0.406 e. The molecule has 5 rings (SSSR count). The molecular formula is C27H29F3N4O5S2. The summed E-state index contributed by atoms with van der Waals surface area (Å²) in [5.41, 5.74) is 3.65. The molecule has 220 valence electrons. The lowest BCUT2D eigenvalue weighted by atomic mass is 9.96. The first kappa shape index (κ1) is 29.3. The molecule has 3 aromatic rings. The molecule has 0 radical (unpaired) electrons. The van der Waals surface area contributed by atoms with Crippen molar-refractivity contribution in [2.75, 3.05) is 24.2 Å². The average molecular weight is 611 g/mol. The molecule has 4 unspecified atom stereocenters. The van der Waals surface area contributed by atoms with E-state index in [0.29, 0.717) is 0 Å². The Morgan fingerprint density at radius 3 is 1.95 bits per heavy atom. The van der Waals surface area contributed by atoms with Crippen LogP contribution in [0.2, 0.25) is 0 Å². The average Bonchev–Trinajstić information content (AvgIpc) is 3.05. The van der Waals surface area contributed by atoms with E-state index in [9.17, 15) is 30.9 Å². The van der Waals surface area contributed by atoms with Crippen molar-refractivity contribution in [1.82, 2.24) is 9.03 Å². The summed E-state index contributed by atoms with van der Waals surface area (Å²) >= 11 is 0. The number of benzene rings is 3. The van der Waals surface area contributed by atoms with Crippen LogP contribution in [0.15, 0.2) is 77.7 Å². The van der Waals surface area contributed by atoms with Crippen molar-refractivity contribution in [3.8, 4) is 5.75 Å². The molecule has 0 spiro atoms. The van der Waals surface area contributed by atoms with Crippen LogP contribution in [0.1, 0.15) is 11.1 Å². The minimum absolute atomic E-state index is 0.0660. The summed E-state index contributed by atoms with van der Waals surface area (Å²) in [6.45, 7) is -0.331. The number of nitrogens with one attached hydrogen (secondary N) is 2. The van der Waals surface area contributed by atoms with E-state index in [1.54, 1.807) is 0 Å². The van der Waals surface area contributed by atoms with Gasteiger partial charge in [0.2, 0.25) is 10.0 Å². The standard InChI is InChI=1S/C27H29F3N4O5S2/c1-40(36,37)33-16-22(32-41(31,38)21-14-12-20(13-15-21)39-27(28,29)30)26(35)25(17-33)34-23-8-4-2-6-18(23)10-11-19-7-3-5-9-24(19)34/h2-9,12-15,22,25-26,35H,10-11,16-17H2,1H3,(H2,31,32,38). The summed E-state index contributed by atoms with van der Waals surface area (Å²) in [6.07, 6.45) is -3.69. The van der Waals surface area contributed by atoms with Crippen LogP contribution in [-0.2, 0) is 32.8 Å². The van der Waals surface area contributed by atoms with Crippen molar-refractivity contribution in [2.45, 2.75) is 42.3 Å². The first-order valence-corrected chi connectivity index (χ1v) is 16.1. The predicted molar refractivity (Wildman–Crippen MR) is 148 cm³/mol. The number of piperidine rings is 1. The highest BCUT2D eigenvalue weighted by molar-refractivity contribution is 7.90. The second kappa shape index (κ2) is 10.9. The van der Waals surface area contributed by atoms with Crippen LogP contribution >= 0.6 is 0 Å². The van der Waals surface area contributed by atoms with Crippen LogP contribution in [0.25, 0.3) is 0 Å². The number of para-hydroxylation sites is 2. The lowest BCUT2D eigenvalue weighted by Gasteiger charge is -2.46. The normalized spacial score (nSPS) is 23.1. The second-order valence-electron chi connectivity index (χ2n) is 10.1. The third kappa shape index (κ3) is 6.36. The highest BCUT2D eigenvalue weighted by Gasteiger charge is 2.44. The number of anilines is 2. The van der Waals surface area contributed by atoms with E-state index in [1.165, 1.54) is 4.31 Å². The third-order valence-electron chi connectivity index (χ3n) is 7.27. The number of rotatable bonds is 6. The van der Waals surface area contributed by atoms with Crippen LogP contribution in [0.5, 0.6) is 5.75 Å². The number of fused-ring (bicyclic) bond motifs is 2. The molecule has 1 fully saturated rings. The van der Waals surface area contributed by atoms with Gasteiger partial charge in [0.05, 0.1) is 29.3 Å². The summed E-state index contributed by atoms with van der Waals surface area (Å²) < 4.78 is 92.8. The Bertz CT molecular complexity index is 1590. The largest absolute Gasteiger partial charge is 0.573 e. The van der Waals surface area contributed by atoms with Gasteiger partial charge in [-0.1, -0.05) is 36.4 Å². The molecule has 0 bridgehead atoms. The van der Waals surface area contributed by atoms with E-state index < -0.39 is 50.2 Å². The van der Waals surface area contributed by atoms with Crippen LogP contribution in [0, 0.1) is 4.78 Å². The predicted octanol–water partition coefficient (Wildman–Crippen LogP) is 3.81. The first-order valence-electron chi connectivity index (χ1n) is 12.7. The first-order chi connectivity index (χ1) is 19.2. The van der Waals surface area contributed by atoms with E-state index in [1.807, 2.05) is 53.4 Å². The van der Waals surface area contributed by atoms with Gasteiger partial charge in [0.15, 0.2) is 0 Å². The number of aliphatic hydroxyl groups is 1. The molecule has 4 atom stereocenters. The summed E-state index contributed by atoms with van der Waals surface area (Å²) in [5, 5.41) is 11.7. The fourth-order valence-electron chi connectivity index (χ4n) is 5.38. The number of hydrogen-bond donors (Lipinski definition) is 3. The molecule has 1 saturated heterocycles. The Morgan fingerprint density at radius 1 is 0.902 bits per heavy atom. The number of nitrogens with zero attached hydrogens (tertiary/aromatic N) is 2. The van der Waals surface area contributed by atoms with Gasteiger partial charge < -0.3 is 14.7 Å². The zero-order chi connectivity index (χ0) is 29.6. The Labute approximate surface area is 236 Å². The number of alkyl halides is 3. The van der Waals surface area contributed by atoms with Crippen LogP contribution in [0.4, 0.5) is 24.5 Å². The SMILES string of the molecule is CS(=O)(=O)N1CC(NS(=N)(=O)c2ccc(OC(F)(F)F)cc2)C(O)C(N2c3ccccc3CCc3ccccc32)C1. The molecule has 0 saturated carbocycles. The zero-order valence-corrected chi connectivity index (χ0v) is 23.5. The molecule has 2 aliphatic heterocycles.